The molecule has 0 atom stereocenters. The highest BCUT2D eigenvalue weighted by molar-refractivity contribution is 7.93. The Morgan fingerprint density at radius 2 is 1.39 bits per heavy atom. The highest BCUT2D eigenvalue weighted by Gasteiger charge is 2.31. The third-order valence-electron chi connectivity index (χ3n) is 4.10. The van der Waals surface area contributed by atoms with Crippen molar-refractivity contribution in [1.82, 2.24) is 0 Å². The summed E-state index contributed by atoms with van der Waals surface area (Å²) in [6.45, 7) is 3.62. The summed E-state index contributed by atoms with van der Waals surface area (Å²) < 4.78 is 17.0. The van der Waals surface area contributed by atoms with Gasteiger partial charge < -0.3 is 0 Å². The zero-order valence-electron chi connectivity index (χ0n) is 13.0. The number of hydrogen-bond acceptors (Lipinski definition) is 4. The maximum atomic E-state index is 12.8. The molecule has 0 aliphatic heterocycles. The molecule has 0 radical (unpaired) electrons. The maximum Gasteiger partial charge on any atom is 0.196 e. The van der Waals surface area contributed by atoms with Gasteiger partial charge >= 0.3 is 0 Å². The van der Waals surface area contributed by atoms with Crippen molar-refractivity contribution in [3.8, 4) is 0 Å². The van der Waals surface area contributed by atoms with E-state index < -0.39 is 9.73 Å². The average Bonchev–Trinajstić information content (AvgIpc) is 2.59. The molecule has 2 aromatic rings. The SMILES string of the molecule is CCS(=O)(CC)=Nc1cccc2c1C(=O)c1ccccc1C2=O. The molecule has 0 spiro atoms. The summed E-state index contributed by atoms with van der Waals surface area (Å²) in [7, 11) is -2.41. The van der Waals surface area contributed by atoms with Gasteiger partial charge in [0.25, 0.3) is 0 Å². The number of benzene rings is 2. The van der Waals surface area contributed by atoms with Gasteiger partial charge in [-0.05, 0) is 6.07 Å². The Morgan fingerprint density at radius 1 is 0.826 bits per heavy atom. The van der Waals surface area contributed by atoms with Crippen molar-refractivity contribution >= 4 is 27.0 Å². The van der Waals surface area contributed by atoms with Gasteiger partial charge in [0.15, 0.2) is 11.6 Å². The summed E-state index contributed by atoms with van der Waals surface area (Å²) in [5.74, 6) is 0.396. The molecule has 1 aliphatic rings. The van der Waals surface area contributed by atoms with Gasteiger partial charge in [-0.2, -0.15) is 4.36 Å². The number of hydrogen-bond donors (Lipinski definition) is 0. The largest absolute Gasteiger partial charge is 0.289 e. The molecule has 0 aromatic heterocycles. The molecular formula is C18H17NO3S. The third kappa shape index (κ3) is 2.51. The first kappa shape index (κ1) is 15.6. The van der Waals surface area contributed by atoms with Crippen molar-refractivity contribution in [3.63, 3.8) is 0 Å². The van der Waals surface area contributed by atoms with Gasteiger partial charge in [-0.3, -0.25) is 9.59 Å². The molecule has 4 nitrogen and oxygen atoms in total. The van der Waals surface area contributed by atoms with Crippen molar-refractivity contribution in [2.45, 2.75) is 13.8 Å². The van der Waals surface area contributed by atoms with Crippen LogP contribution in [0.3, 0.4) is 0 Å². The maximum absolute atomic E-state index is 12.8. The fraction of sp³-hybridized carbons (Fsp3) is 0.222. The van der Waals surface area contributed by atoms with Crippen molar-refractivity contribution in [3.05, 3.63) is 64.7 Å². The zero-order chi connectivity index (χ0) is 16.6. The molecule has 118 valence electrons. The number of carbonyl (C=O) groups is 2. The first-order valence-electron chi connectivity index (χ1n) is 7.54. The van der Waals surface area contributed by atoms with E-state index in [1.54, 1.807) is 42.5 Å². The molecule has 0 bridgehead atoms. The van der Waals surface area contributed by atoms with E-state index in [0.29, 0.717) is 33.9 Å². The zero-order valence-corrected chi connectivity index (χ0v) is 13.9. The normalized spacial score (nSPS) is 13.5. The first-order chi connectivity index (χ1) is 11.0. The highest BCUT2D eigenvalue weighted by atomic mass is 32.2. The Bertz CT molecular complexity index is 927. The van der Waals surface area contributed by atoms with Crippen molar-refractivity contribution in [2.24, 2.45) is 4.36 Å². The molecule has 0 unspecified atom stereocenters. The minimum absolute atomic E-state index is 0.188. The topological polar surface area (TPSA) is 63.6 Å². The fourth-order valence-corrected chi connectivity index (χ4v) is 3.89. The van der Waals surface area contributed by atoms with Gasteiger partial charge in [0.05, 0.1) is 21.0 Å². The van der Waals surface area contributed by atoms with Crippen LogP contribution in [0.15, 0.2) is 46.8 Å². The van der Waals surface area contributed by atoms with Crippen LogP contribution in [0.5, 0.6) is 0 Å². The molecule has 0 fully saturated rings. The average molecular weight is 327 g/mol. The van der Waals surface area contributed by atoms with Crippen LogP contribution in [-0.2, 0) is 9.73 Å². The van der Waals surface area contributed by atoms with Crippen LogP contribution in [0, 0.1) is 0 Å². The molecule has 5 heteroatoms. The van der Waals surface area contributed by atoms with E-state index in [-0.39, 0.29) is 17.1 Å². The molecule has 0 heterocycles. The van der Waals surface area contributed by atoms with Crippen molar-refractivity contribution in [2.75, 3.05) is 11.5 Å². The molecule has 3 rings (SSSR count). The van der Waals surface area contributed by atoms with E-state index in [4.69, 9.17) is 0 Å². The van der Waals surface area contributed by atoms with E-state index in [9.17, 15) is 13.8 Å². The van der Waals surface area contributed by atoms with Crippen LogP contribution in [0.2, 0.25) is 0 Å². The van der Waals surface area contributed by atoms with Crippen LogP contribution in [0.25, 0.3) is 0 Å². The predicted octanol–water partition coefficient (Wildman–Crippen LogP) is 3.60. The van der Waals surface area contributed by atoms with Gasteiger partial charge in [0, 0.05) is 28.2 Å². The van der Waals surface area contributed by atoms with Crippen LogP contribution < -0.4 is 0 Å². The van der Waals surface area contributed by atoms with Gasteiger partial charge in [0.2, 0.25) is 0 Å². The van der Waals surface area contributed by atoms with Crippen molar-refractivity contribution in [1.29, 1.82) is 0 Å². The smallest absolute Gasteiger partial charge is 0.196 e. The van der Waals surface area contributed by atoms with Crippen LogP contribution >= 0.6 is 0 Å². The standard InChI is InChI=1S/C18H17NO3S/c1-3-23(22,4-2)19-15-11-7-10-14-16(15)18(21)13-9-6-5-8-12(13)17(14)20/h5-11H,3-4H2,1-2H3. The molecule has 1 aliphatic carbocycles. The van der Waals surface area contributed by atoms with E-state index in [0.717, 1.165) is 0 Å². The lowest BCUT2D eigenvalue weighted by atomic mass is 9.83. The number of ketones is 2. The summed E-state index contributed by atoms with van der Waals surface area (Å²) in [6, 6.07) is 11.7. The van der Waals surface area contributed by atoms with Crippen LogP contribution in [0.1, 0.15) is 45.7 Å². The Hall–Kier alpha value is -2.27. The van der Waals surface area contributed by atoms with Crippen LogP contribution in [0.4, 0.5) is 5.69 Å². The molecule has 0 saturated heterocycles. The monoisotopic (exact) mass is 327 g/mol. The van der Waals surface area contributed by atoms with Crippen LogP contribution in [-0.4, -0.2) is 27.3 Å². The fourth-order valence-electron chi connectivity index (χ4n) is 2.72. The van der Waals surface area contributed by atoms with Crippen molar-refractivity contribution < 1.29 is 13.8 Å². The van der Waals surface area contributed by atoms with E-state index >= 15 is 0 Å². The summed E-state index contributed by atoms with van der Waals surface area (Å²) in [5, 5.41) is 0. The Balaban J connectivity index is 2.29. The lowest BCUT2D eigenvalue weighted by molar-refractivity contribution is 0.0979. The van der Waals surface area contributed by atoms with Gasteiger partial charge in [-0.15, -0.1) is 0 Å². The first-order valence-corrected chi connectivity index (χ1v) is 9.40. The molecule has 0 N–H and O–H groups in total. The van der Waals surface area contributed by atoms with E-state index in [1.807, 2.05) is 13.8 Å². The second kappa shape index (κ2) is 5.74. The molecule has 23 heavy (non-hydrogen) atoms. The highest BCUT2D eigenvalue weighted by Crippen LogP contribution is 2.34. The summed E-state index contributed by atoms with van der Waals surface area (Å²) in [6.07, 6.45) is 0. The minimum Gasteiger partial charge on any atom is -0.289 e. The number of rotatable bonds is 3. The van der Waals surface area contributed by atoms with Gasteiger partial charge in [0.1, 0.15) is 0 Å². The predicted molar refractivity (Wildman–Crippen MR) is 91.1 cm³/mol. The van der Waals surface area contributed by atoms with Gasteiger partial charge in [-0.1, -0.05) is 50.2 Å². The molecule has 0 amide bonds. The number of fused-ring (bicyclic) bond motifs is 2. The van der Waals surface area contributed by atoms with E-state index in [2.05, 4.69) is 4.36 Å². The second-order valence-electron chi connectivity index (χ2n) is 5.34. The lowest BCUT2D eigenvalue weighted by Gasteiger charge is -2.19. The molecule has 2 aromatic carbocycles. The Kier molecular flexibility index (Phi) is 3.90. The Morgan fingerprint density at radius 3 is 2.00 bits per heavy atom. The summed E-state index contributed by atoms with van der Waals surface area (Å²) in [4.78, 5) is 25.5. The molecule has 0 saturated carbocycles. The second-order valence-corrected chi connectivity index (χ2v) is 8.23. The lowest BCUT2D eigenvalue weighted by Crippen LogP contribution is -2.21. The number of carbonyl (C=O) groups excluding carboxylic acids is 2. The minimum atomic E-state index is -2.41. The summed E-state index contributed by atoms with van der Waals surface area (Å²) in [5.41, 5.74) is 1.75. The van der Waals surface area contributed by atoms with Gasteiger partial charge in [-0.25, -0.2) is 4.21 Å². The molecular weight excluding hydrogens is 310 g/mol. The quantitative estimate of drug-likeness (QED) is 0.738. The van der Waals surface area contributed by atoms with E-state index in [1.165, 1.54) is 0 Å². The third-order valence-corrected chi connectivity index (χ3v) is 6.43. The summed E-state index contributed by atoms with van der Waals surface area (Å²) >= 11 is 0. The number of nitrogens with zero attached hydrogens (tertiary/aromatic N) is 1. The Labute approximate surface area is 135 Å².